The van der Waals surface area contributed by atoms with Crippen molar-refractivity contribution < 1.29 is 19.4 Å². The van der Waals surface area contributed by atoms with E-state index in [9.17, 15) is 20.0 Å². The molecule has 0 unspecified atom stereocenters. The molecule has 0 radical (unpaired) electrons. The number of nitrogens with zero attached hydrogens (tertiary/aromatic N) is 1. The van der Waals surface area contributed by atoms with Crippen LogP contribution in [0.15, 0.2) is 36.4 Å². The number of ether oxygens (including phenoxy) is 1. The van der Waals surface area contributed by atoms with Gasteiger partial charge in [-0.3, -0.25) is 9.59 Å². The van der Waals surface area contributed by atoms with Crippen LogP contribution >= 0.6 is 11.3 Å². The van der Waals surface area contributed by atoms with Crippen LogP contribution in [0.1, 0.15) is 16.9 Å². The number of methoxy groups -OCH3 is 1. The molecule has 6 nitrogen and oxygen atoms in total. The lowest BCUT2D eigenvalue weighted by Gasteiger charge is -2.23. The highest BCUT2D eigenvalue weighted by Gasteiger charge is 2.51. The molecule has 2 bridgehead atoms. The normalized spacial score (nSPS) is 24.3. The maximum absolute atomic E-state index is 13.0. The van der Waals surface area contributed by atoms with Gasteiger partial charge in [0.1, 0.15) is 16.8 Å². The molecule has 0 spiro atoms. The summed E-state index contributed by atoms with van der Waals surface area (Å²) >= 11 is 1.34. The molecule has 2 aliphatic rings. The number of carbonyl (C=O) groups excluding carboxylic acids is 1. The van der Waals surface area contributed by atoms with Crippen molar-refractivity contribution in [1.29, 1.82) is 5.26 Å². The molecule has 1 aromatic heterocycles. The van der Waals surface area contributed by atoms with Gasteiger partial charge in [0.15, 0.2) is 0 Å². The number of nitrogens with one attached hydrogen (secondary N) is 1. The Balaban J connectivity index is 1.64. The van der Waals surface area contributed by atoms with E-state index in [1.807, 2.05) is 43.3 Å². The average Bonchev–Trinajstić information content (AvgIpc) is 3.40. The van der Waals surface area contributed by atoms with E-state index in [0.717, 1.165) is 21.8 Å². The number of aliphatic carboxylic acids is 1. The third-order valence-corrected chi connectivity index (χ3v) is 6.88. The summed E-state index contributed by atoms with van der Waals surface area (Å²) in [4.78, 5) is 25.6. The molecule has 4 rings (SSSR count). The van der Waals surface area contributed by atoms with Gasteiger partial charge in [-0.1, -0.05) is 24.3 Å². The van der Waals surface area contributed by atoms with Crippen molar-refractivity contribution in [3.05, 3.63) is 46.9 Å². The Morgan fingerprint density at radius 1 is 1.21 bits per heavy atom. The molecule has 2 aliphatic carbocycles. The quantitative estimate of drug-likeness (QED) is 0.727. The highest BCUT2D eigenvalue weighted by molar-refractivity contribution is 7.17. The molecule has 1 amide bonds. The minimum absolute atomic E-state index is 0.0613. The van der Waals surface area contributed by atoms with E-state index < -0.39 is 17.8 Å². The van der Waals surface area contributed by atoms with Crippen LogP contribution in [0.25, 0.3) is 11.1 Å². The van der Waals surface area contributed by atoms with Crippen LogP contribution in [0.5, 0.6) is 5.75 Å². The first kappa shape index (κ1) is 19.2. The first-order valence-electron chi connectivity index (χ1n) is 9.34. The van der Waals surface area contributed by atoms with Crippen molar-refractivity contribution >= 4 is 28.2 Å². The van der Waals surface area contributed by atoms with Crippen molar-refractivity contribution in [2.24, 2.45) is 23.7 Å². The smallest absolute Gasteiger partial charge is 0.307 e. The zero-order chi connectivity index (χ0) is 20.7. The summed E-state index contributed by atoms with van der Waals surface area (Å²) in [6.45, 7) is 1.90. The number of nitriles is 1. The van der Waals surface area contributed by atoms with Crippen LogP contribution in [0.3, 0.4) is 0 Å². The Morgan fingerprint density at radius 2 is 1.86 bits per heavy atom. The van der Waals surface area contributed by atoms with E-state index in [-0.39, 0.29) is 17.7 Å². The van der Waals surface area contributed by atoms with Crippen molar-refractivity contribution in [1.82, 2.24) is 0 Å². The number of aryl methyl sites for hydroxylation is 1. The lowest BCUT2D eigenvalue weighted by Crippen LogP contribution is -2.36. The predicted molar refractivity (Wildman–Crippen MR) is 110 cm³/mol. The summed E-state index contributed by atoms with van der Waals surface area (Å²) in [5.41, 5.74) is 2.04. The molecule has 4 atom stereocenters. The van der Waals surface area contributed by atoms with Gasteiger partial charge in [-0.05, 0) is 42.9 Å². The Bertz CT molecular complexity index is 1050. The zero-order valence-electron chi connectivity index (χ0n) is 16.0. The van der Waals surface area contributed by atoms with Crippen LogP contribution < -0.4 is 10.1 Å². The number of carboxylic acid groups (broad SMARTS) is 1. The Labute approximate surface area is 172 Å². The Morgan fingerprint density at radius 3 is 2.45 bits per heavy atom. The Hall–Kier alpha value is -3.11. The van der Waals surface area contributed by atoms with E-state index in [0.29, 0.717) is 17.0 Å². The molecule has 7 heteroatoms. The number of allylic oxidation sites excluding steroid dienone is 2. The highest BCUT2D eigenvalue weighted by Crippen LogP contribution is 2.49. The van der Waals surface area contributed by atoms with Crippen LogP contribution in [0.4, 0.5) is 5.00 Å². The maximum atomic E-state index is 13.0. The number of carboxylic acids is 1. The molecule has 1 fully saturated rings. The lowest BCUT2D eigenvalue weighted by molar-refractivity contribution is -0.146. The number of carbonyl (C=O) groups is 2. The maximum Gasteiger partial charge on any atom is 0.307 e. The van der Waals surface area contributed by atoms with E-state index in [2.05, 4.69) is 11.4 Å². The summed E-state index contributed by atoms with van der Waals surface area (Å²) < 4.78 is 5.19. The lowest BCUT2D eigenvalue weighted by atomic mass is 9.82. The molecule has 0 saturated heterocycles. The van der Waals surface area contributed by atoms with Gasteiger partial charge in [-0.2, -0.15) is 5.26 Å². The standard InChI is InChI=1S/C22H20N2O4S/c1-11-17(12-5-7-15(28-2)8-6-12)16(10-23)21(29-11)24-20(25)18-13-3-4-14(9-13)19(18)22(26)27/h3-8,13-14,18-19H,9H2,1-2H3,(H,24,25)(H,26,27)/t13-,14-,18+,19+/m0/s1. The molecular formula is C22H20N2O4S. The van der Waals surface area contributed by atoms with Gasteiger partial charge in [-0.25, -0.2) is 0 Å². The molecule has 2 N–H and O–H groups in total. The first-order chi connectivity index (χ1) is 13.9. The van der Waals surface area contributed by atoms with Gasteiger partial charge >= 0.3 is 5.97 Å². The second-order valence-electron chi connectivity index (χ2n) is 7.41. The van der Waals surface area contributed by atoms with Crippen LogP contribution in [-0.2, 0) is 9.59 Å². The number of amides is 1. The minimum atomic E-state index is -0.941. The monoisotopic (exact) mass is 408 g/mol. The summed E-state index contributed by atoms with van der Waals surface area (Å²) in [5.74, 6) is -2.02. The zero-order valence-corrected chi connectivity index (χ0v) is 16.8. The number of benzene rings is 1. The predicted octanol–water partition coefficient (Wildman–Crippen LogP) is 4.07. The fourth-order valence-electron chi connectivity index (χ4n) is 4.56. The molecule has 0 aliphatic heterocycles. The highest BCUT2D eigenvalue weighted by atomic mass is 32.1. The number of hydrogen-bond donors (Lipinski definition) is 2. The fraction of sp³-hybridized carbons (Fsp3) is 0.318. The van der Waals surface area contributed by atoms with Crippen molar-refractivity contribution in [3.63, 3.8) is 0 Å². The van der Waals surface area contributed by atoms with Gasteiger partial charge in [-0.15, -0.1) is 11.3 Å². The summed E-state index contributed by atoms with van der Waals surface area (Å²) in [7, 11) is 1.59. The average molecular weight is 408 g/mol. The second-order valence-corrected chi connectivity index (χ2v) is 8.63. The summed E-state index contributed by atoms with van der Waals surface area (Å²) in [5, 5.41) is 22.7. The number of hydrogen-bond acceptors (Lipinski definition) is 5. The van der Waals surface area contributed by atoms with Gasteiger partial charge < -0.3 is 15.2 Å². The molecule has 1 aromatic carbocycles. The van der Waals surface area contributed by atoms with E-state index in [4.69, 9.17) is 4.74 Å². The summed E-state index contributed by atoms with van der Waals surface area (Å²) in [6.07, 6.45) is 4.55. The molecular weight excluding hydrogens is 388 g/mol. The SMILES string of the molecule is COc1ccc(-c2c(C)sc(NC(=O)[C@H]3[C@H](C(=O)O)[C@H]4C=C[C@H]3C4)c2C#N)cc1. The number of rotatable bonds is 5. The number of anilines is 1. The summed E-state index contributed by atoms with van der Waals surface area (Å²) in [6, 6.07) is 9.61. The van der Waals surface area contributed by atoms with Crippen molar-refractivity contribution in [3.8, 4) is 22.9 Å². The van der Waals surface area contributed by atoms with Crippen LogP contribution in [0.2, 0.25) is 0 Å². The second kappa shape index (κ2) is 7.37. The topological polar surface area (TPSA) is 99.4 Å². The third kappa shape index (κ3) is 3.19. The van der Waals surface area contributed by atoms with Gasteiger partial charge in [0, 0.05) is 10.4 Å². The molecule has 1 saturated carbocycles. The van der Waals surface area contributed by atoms with Gasteiger partial charge in [0.05, 0.1) is 24.5 Å². The number of thiophene rings is 1. The van der Waals surface area contributed by atoms with Crippen molar-refractivity contribution in [2.45, 2.75) is 13.3 Å². The van der Waals surface area contributed by atoms with Crippen LogP contribution in [0, 0.1) is 41.9 Å². The first-order valence-corrected chi connectivity index (χ1v) is 10.2. The molecule has 1 heterocycles. The van der Waals surface area contributed by atoms with Crippen LogP contribution in [-0.4, -0.2) is 24.1 Å². The van der Waals surface area contributed by atoms with E-state index in [1.165, 1.54) is 11.3 Å². The number of fused-ring (bicyclic) bond motifs is 2. The Kier molecular flexibility index (Phi) is 4.89. The third-order valence-electron chi connectivity index (χ3n) is 5.86. The van der Waals surface area contributed by atoms with Crippen molar-refractivity contribution in [2.75, 3.05) is 12.4 Å². The van der Waals surface area contributed by atoms with E-state index >= 15 is 0 Å². The van der Waals surface area contributed by atoms with Gasteiger partial charge in [0.25, 0.3) is 0 Å². The molecule has 29 heavy (non-hydrogen) atoms. The minimum Gasteiger partial charge on any atom is -0.497 e. The largest absolute Gasteiger partial charge is 0.497 e. The van der Waals surface area contributed by atoms with Gasteiger partial charge in [0.2, 0.25) is 5.91 Å². The molecule has 2 aromatic rings. The molecule has 148 valence electrons. The van der Waals surface area contributed by atoms with E-state index in [1.54, 1.807) is 7.11 Å². The fourth-order valence-corrected chi connectivity index (χ4v) is 5.59.